The van der Waals surface area contributed by atoms with Gasteiger partial charge in [-0.25, -0.2) is 14.8 Å². The molecule has 0 aliphatic carbocycles. The number of ether oxygens (including phenoxy) is 3. The lowest BCUT2D eigenvalue weighted by Crippen LogP contribution is -2.12. The molecule has 8 heteroatoms. The van der Waals surface area contributed by atoms with E-state index in [9.17, 15) is 4.79 Å². The fraction of sp³-hybridized carbons (Fsp3) is 0.190. The summed E-state index contributed by atoms with van der Waals surface area (Å²) in [4.78, 5) is 19.9. The number of methoxy groups -OCH3 is 2. The molecule has 0 aliphatic heterocycles. The molecule has 2 N–H and O–H groups in total. The summed E-state index contributed by atoms with van der Waals surface area (Å²) < 4.78 is 15.5. The Bertz CT molecular complexity index is 930. The van der Waals surface area contributed by atoms with E-state index >= 15 is 0 Å². The van der Waals surface area contributed by atoms with Crippen LogP contribution in [0.2, 0.25) is 0 Å². The molecule has 0 saturated heterocycles. The number of hydrogen-bond acceptors (Lipinski definition) is 8. The van der Waals surface area contributed by atoms with Gasteiger partial charge in [0.15, 0.2) is 0 Å². The summed E-state index contributed by atoms with van der Waals surface area (Å²) in [7, 11) is 2.98. The van der Waals surface area contributed by atoms with Crippen LogP contribution in [0.1, 0.15) is 10.4 Å². The van der Waals surface area contributed by atoms with E-state index < -0.39 is 0 Å². The Kier molecular flexibility index (Phi) is 6.83. The lowest BCUT2D eigenvalue weighted by molar-refractivity contribution is 0.0601. The lowest BCUT2D eigenvalue weighted by atomic mass is 10.2. The Balaban J connectivity index is 1.49. The third-order valence-corrected chi connectivity index (χ3v) is 3.98. The van der Waals surface area contributed by atoms with Gasteiger partial charge in [-0.15, -0.1) is 0 Å². The summed E-state index contributed by atoms with van der Waals surface area (Å²) in [6, 6.07) is 16.1. The summed E-state index contributed by atoms with van der Waals surface area (Å²) in [5, 5.41) is 6.36. The maximum absolute atomic E-state index is 11.5. The number of benzene rings is 2. The Morgan fingerprint density at radius 3 is 2.31 bits per heavy atom. The van der Waals surface area contributed by atoms with Gasteiger partial charge in [-0.2, -0.15) is 0 Å². The van der Waals surface area contributed by atoms with Gasteiger partial charge in [0, 0.05) is 11.8 Å². The maximum Gasteiger partial charge on any atom is 0.337 e. The van der Waals surface area contributed by atoms with E-state index in [-0.39, 0.29) is 5.97 Å². The van der Waals surface area contributed by atoms with Gasteiger partial charge in [0.25, 0.3) is 0 Å². The van der Waals surface area contributed by atoms with Crippen molar-refractivity contribution < 1.29 is 19.0 Å². The van der Waals surface area contributed by atoms with Crippen LogP contribution in [0.3, 0.4) is 0 Å². The van der Waals surface area contributed by atoms with Crippen molar-refractivity contribution in [1.29, 1.82) is 0 Å². The Morgan fingerprint density at radius 2 is 1.62 bits per heavy atom. The number of aromatic nitrogens is 2. The normalized spacial score (nSPS) is 10.1. The quantitative estimate of drug-likeness (QED) is 0.421. The van der Waals surface area contributed by atoms with Gasteiger partial charge >= 0.3 is 5.97 Å². The highest BCUT2D eigenvalue weighted by Crippen LogP contribution is 2.18. The SMILES string of the molecule is COC(=O)c1ccc(Nc2cc(NCCOc3ccc(OC)cc3)ncn2)cc1. The number of nitrogens with one attached hydrogen (secondary N) is 2. The zero-order valence-corrected chi connectivity index (χ0v) is 16.2. The number of hydrogen-bond donors (Lipinski definition) is 2. The first-order chi connectivity index (χ1) is 14.2. The smallest absolute Gasteiger partial charge is 0.337 e. The van der Waals surface area contributed by atoms with Crippen LogP contribution in [-0.2, 0) is 4.74 Å². The Labute approximate surface area is 168 Å². The minimum Gasteiger partial charge on any atom is -0.497 e. The number of nitrogens with zero attached hydrogens (tertiary/aromatic N) is 2. The molecule has 0 bridgehead atoms. The molecule has 1 heterocycles. The summed E-state index contributed by atoms with van der Waals surface area (Å²) in [5.74, 6) is 2.49. The average molecular weight is 394 g/mol. The van der Waals surface area contributed by atoms with Crippen LogP contribution in [0.5, 0.6) is 11.5 Å². The second kappa shape index (κ2) is 9.93. The fourth-order valence-electron chi connectivity index (χ4n) is 2.50. The van der Waals surface area contributed by atoms with E-state index in [4.69, 9.17) is 14.2 Å². The van der Waals surface area contributed by atoms with Crippen molar-refractivity contribution in [2.24, 2.45) is 0 Å². The highest BCUT2D eigenvalue weighted by Gasteiger charge is 2.05. The zero-order valence-electron chi connectivity index (χ0n) is 16.2. The number of esters is 1. The van der Waals surface area contributed by atoms with E-state index in [0.717, 1.165) is 17.2 Å². The van der Waals surface area contributed by atoms with E-state index in [1.807, 2.05) is 24.3 Å². The fourth-order valence-corrected chi connectivity index (χ4v) is 2.50. The standard InChI is InChI=1S/C21H22N4O4/c1-27-17-7-9-18(10-8-17)29-12-11-22-19-13-20(24-14-23-19)25-16-5-3-15(4-6-16)21(26)28-2/h3-10,13-14H,11-12H2,1-2H3,(H2,22,23,24,25). The van der Waals surface area contributed by atoms with Crippen LogP contribution in [0.4, 0.5) is 17.3 Å². The number of anilines is 3. The first-order valence-electron chi connectivity index (χ1n) is 8.96. The summed E-state index contributed by atoms with van der Waals surface area (Å²) in [5.41, 5.74) is 1.28. The molecule has 0 saturated carbocycles. The van der Waals surface area contributed by atoms with Crippen LogP contribution < -0.4 is 20.1 Å². The third kappa shape index (κ3) is 5.83. The summed E-state index contributed by atoms with van der Waals surface area (Å²) >= 11 is 0. The summed E-state index contributed by atoms with van der Waals surface area (Å²) in [6.07, 6.45) is 1.47. The second-order valence-electron chi connectivity index (χ2n) is 5.93. The van der Waals surface area contributed by atoms with E-state index in [0.29, 0.717) is 30.4 Å². The number of rotatable bonds is 9. The first-order valence-corrected chi connectivity index (χ1v) is 8.96. The molecule has 3 rings (SSSR count). The maximum atomic E-state index is 11.5. The van der Waals surface area contributed by atoms with Crippen LogP contribution >= 0.6 is 0 Å². The highest BCUT2D eigenvalue weighted by molar-refractivity contribution is 5.89. The number of carbonyl (C=O) groups excluding carboxylic acids is 1. The molecule has 0 aliphatic rings. The van der Waals surface area contributed by atoms with Crippen molar-refractivity contribution in [3.05, 3.63) is 66.5 Å². The molecular formula is C21H22N4O4. The number of carbonyl (C=O) groups is 1. The predicted molar refractivity (Wildman–Crippen MR) is 110 cm³/mol. The predicted octanol–water partition coefficient (Wildman–Crippen LogP) is 3.51. The first kappa shape index (κ1) is 19.9. The molecule has 0 amide bonds. The monoisotopic (exact) mass is 394 g/mol. The van der Waals surface area contributed by atoms with E-state index in [2.05, 4.69) is 20.6 Å². The molecule has 0 spiro atoms. The molecule has 1 aromatic heterocycles. The van der Waals surface area contributed by atoms with Crippen LogP contribution in [-0.4, -0.2) is 43.3 Å². The zero-order chi connectivity index (χ0) is 20.5. The van der Waals surface area contributed by atoms with Gasteiger partial charge in [0.2, 0.25) is 0 Å². The highest BCUT2D eigenvalue weighted by atomic mass is 16.5. The molecule has 2 aromatic carbocycles. The van der Waals surface area contributed by atoms with Crippen LogP contribution in [0.15, 0.2) is 60.9 Å². The van der Waals surface area contributed by atoms with Gasteiger partial charge in [-0.3, -0.25) is 0 Å². The van der Waals surface area contributed by atoms with Crippen LogP contribution in [0.25, 0.3) is 0 Å². The largest absolute Gasteiger partial charge is 0.497 e. The molecule has 3 aromatic rings. The second-order valence-corrected chi connectivity index (χ2v) is 5.93. The molecule has 0 unspecified atom stereocenters. The summed E-state index contributed by atoms with van der Waals surface area (Å²) in [6.45, 7) is 1.06. The van der Waals surface area contributed by atoms with Crippen molar-refractivity contribution >= 4 is 23.3 Å². The van der Waals surface area contributed by atoms with Gasteiger partial charge < -0.3 is 24.8 Å². The molecule has 8 nitrogen and oxygen atoms in total. The van der Waals surface area contributed by atoms with Crippen molar-refractivity contribution in [3.8, 4) is 11.5 Å². The molecule has 0 atom stereocenters. The van der Waals surface area contributed by atoms with Crippen molar-refractivity contribution in [2.45, 2.75) is 0 Å². The Hall–Kier alpha value is -3.81. The van der Waals surface area contributed by atoms with E-state index in [1.54, 1.807) is 37.4 Å². The average Bonchev–Trinajstić information content (AvgIpc) is 2.77. The topological polar surface area (TPSA) is 94.6 Å². The van der Waals surface area contributed by atoms with E-state index in [1.165, 1.54) is 13.4 Å². The molecule has 0 radical (unpaired) electrons. The van der Waals surface area contributed by atoms with Crippen molar-refractivity contribution in [3.63, 3.8) is 0 Å². The van der Waals surface area contributed by atoms with Crippen molar-refractivity contribution in [1.82, 2.24) is 9.97 Å². The molecule has 29 heavy (non-hydrogen) atoms. The molecular weight excluding hydrogens is 372 g/mol. The molecule has 150 valence electrons. The third-order valence-electron chi connectivity index (χ3n) is 3.98. The van der Waals surface area contributed by atoms with Gasteiger partial charge in [-0.05, 0) is 48.5 Å². The Morgan fingerprint density at radius 1 is 0.931 bits per heavy atom. The van der Waals surface area contributed by atoms with Crippen LogP contribution in [0, 0.1) is 0 Å². The minimum atomic E-state index is -0.373. The van der Waals surface area contributed by atoms with Gasteiger partial charge in [-0.1, -0.05) is 0 Å². The van der Waals surface area contributed by atoms with Gasteiger partial charge in [0.05, 0.1) is 26.3 Å². The minimum absolute atomic E-state index is 0.373. The lowest BCUT2D eigenvalue weighted by Gasteiger charge is -2.10. The molecule has 0 fully saturated rings. The van der Waals surface area contributed by atoms with Gasteiger partial charge in [0.1, 0.15) is 36.1 Å². The van der Waals surface area contributed by atoms with Crippen molar-refractivity contribution in [2.75, 3.05) is 38.0 Å².